The van der Waals surface area contributed by atoms with Crippen LogP contribution < -0.4 is 4.90 Å². The van der Waals surface area contributed by atoms with Crippen LogP contribution in [0.1, 0.15) is 11.1 Å². The Balaban J connectivity index is 1.81. The summed E-state index contributed by atoms with van der Waals surface area (Å²) in [5.41, 5.74) is 8.94. The maximum Gasteiger partial charge on any atom is 0.140 e. The Morgan fingerprint density at radius 2 is 1.71 bits per heavy atom. The predicted octanol–water partition coefficient (Wildman–Crippen LogP) is 4.71. The second-order valence-electron chi connectivity index (χ2n) is 7.23. The highest BCUT2D eigenvalue weighted by atomic mass is 16.3. The molecule has 0 atom stereocenters. The normalized spacial score (nSPS) is 11.1. The standard InChI is InChI=1S/C24H25N3O/c1-17-14-20(26(3)12-13-28)15-27-16-23(25-24(17)27)22-11-7-10-21(18(22)2)19-8-5-4-6-9-19/h4-11,14-16,28H,12-13H2,1-3H3. The fraction of sp³-hybridized carbons (Fsp3) is 0.208. The van der Waals surface area contributed by atoms with Gasteiger partial charge in [0.2, 0.25) is 0 Å². The van der Waals surface area contributed by atoms with E-state index in [4.69, 9.17) is 4.98 Å². The second kappa shape index (κ2) is 7.49. The average molecular weight is 371 g/mol. The second-order valence-corrected chi connectivity index (χ2v) is 7.23. The molecule has 0 saturated heterocycles. The molecule has 2 heterocycles. The van der Waals surface area contributed by atoms with Gasteiger partial charge in [-0.15, -0.1) is 0 Å². The number of rotatable bonds is 5. The molecule has 1 N–H and O–H groups in total. The van der Waals surface area contributed by atoms with E-state index in [1.54, 1.807) is 0 Å². The molecule has 2 aromatic carbocycles. The van der Waals surface area contributed by atoms with Gasteiger partial charge in [-0.3, -0.25) is 0 Å². The van der Waals surface area contributed by atoms with E-state index in [1.807, 2.05) is 18.0 Å². The van der Waals surface area contributed by atoms with Gasteiger partial charge in [0, 0.05) is 31.5 Å². The van der Waals surface area contributed by atoms with E-state index in [1.165, 1.54) is 16.7 Å². The lowest BCUT2D eigenvalue weighted by atomic mass is 9.95. The monoisotopic (exact) mass is 371 g/mol. The molecule has 4 nitrogen and oxygen atoms in total. The molecule has 0 aliphatic heterocycles. The number of aliphatic hydroxyl groups excluding tert-OH is 1. The summed E-state index contributed by atoms with van der Waals surface area (Å²) < 4.78 is 2.09. The molecule has 0 fully saturated rings. The van der Waals surface area contributed by atoms with E-state index < -0.39 is 0 Å². The van der Waals surface area contributed by atoms with Crippen molar-refractivity contribution in [2.75, 3.05) is 25.1 Å². The Morgan fingerprint density at radius 1 is 0.964 bits per heavy atom. The van der Waals surface area contributed by atoms with Gasteiger partial charge in [0.15, 0.2) is 0 Å². The van der Waals surface area contributed by atoms with Crippen molar-refractivity contribution in [2.24, 2.45) is 0 Å². The third kappa shape index (κ3) is 3.27. The number of nitrogens with zero attached hydrogens (tertiary/aromatic N) is 3. The van der Waals surface area contributed by atoms with E-state index in [0.717, 1.165) is 28.2 Å². The lowest BCUT2D eigenvalue weighted by molar-refractivity contribution is 0.304. The highest BCUT2D eigenvalue weighted by molar-refractivity contribution is 5.78. The molecular formula is C24H25N3O. The highest BCUT2D eigenvalue weighted by Gasteiger charge is 2.13. The third-order valence-corrected chi connectivity index (χ3v) is 5.29. The number of aryl methyl sites for hydroxylation is 1. The largest absolute Gasteiger partial charge is 0.395 e. The fourth-order valence-corrected chi connectivity index (χ4v) is 3.71. The number of pyridine rings is 1. The third-order valence-electron chi connectivity index (χ3n) is 5.29. The summed E-state index contributed by atoms with van der Waals surface area (Å²) in [6.07, 6.45) is 4.17. The highest BCUT2D eigenvalue weighted by Crippen LogP contribution is 2.32. The molecular weight excluding hydrogens is 346 g/mol. The van der Waals surface area contributed by atoms with E-state index in [0.29, 0.717) is 6.54 Å². The quantitative estimate of drug-likeness (QED) is 0.552. The SMILES string of the molecule is Cc1c(-c2ccccc2)cccc1-c1cn2cc(N(C)CCO)cc(C)c2n1. The molecule has 142 valence electrons. The zero-order valence-corrected chi connectivity index (χ0v) is 16.6. The molecule has 4 aromatic rings. The Kier molecular flexibility index (Phi) is 4.88. The van der Waals surface area contributed by atoms with Crippen molar-refractivity contribution in [3.05, 3.63) is 78.1 Å². The van der Waals surface area contributed by atoms with Crippen molar-refractivity contribution in [3.63, 3.8) is 0 Å². The molecule has 0 bridgehead atoms. The van der Waals surface area contributed by atoms with Crippen molar-refractivity contribution < 1.29 is 5.11 Å². The average Bonchev–Trinajstić information content (AvgIpc) is 3.13. The minimum atomic E-state index is 0.133. The number of anilines is 1. The van der Waals surface area contributed by atoms with Crippen molar-refractivity contribution in [1.82, 2.24) is 9.38 Å². The topological polar surface area (TPSA) is 40.8 Å². The number of hydrogen-bond acceptors (Lipinski definition) is 3. The van der Waals surface area contributed by atoms with Crippen LogP contribution in [0.5, 0.6) is 0 Å². The lowest BCUT2D eigenvalue weighted by Crippen LogP contribution is -2.21. The molecule has 0 aliphatic carbocycles. The summed E-state index contributed by atoms with van der Waals surface area (Å²) in [5, 5.41) is 9.22. The van der Waals surface area contributed by atoms with Crippen LogP contribution in [0.2, 0.25) is 0 Å². The number of aliphatic hydroxyl groups is 1. The summed E-state index contributed by atoms with van der Waals surface area (Å²) in [6, 6.07) is 19.0. The van der Waals surface area contributed by atoms with Gasteiger partial charge >= 0.3 is 0 Å². The van der Waals surface area contributed by atoms with Crippen molar-refractivity contribution in [2.45, 2.75) is 13.8 Å². The molecule has 0 saturated carbocycles. The Morgan fingerprint density at radius 3 is 2.46 bits per heavy atom. The molecule has 0 amide bonds. The first kappa shape index (κ1) is 18.3. The van der Waals surface area contributed by atoms with Crippen molar-refractivity contribution >= 4 is 11.3 Å². The van der Waals surface area contributed by atoms with Crippen molar-refractivity contribution in [3.8, 4) is 22.4 Å². The molecule has 4 heteroatoms. The summed E-state index contributed by atoms with van der Waals surface area (Å²) in [4.78, 5) is 6.97. The zero-order chi connectivity index (χ0) is 19.7. The fourth-order valence-electron chi connectivity index (χ4n) is 3.71. The number of benzene rings is 2. The Bertz CT molecular complexity index is 1120. The summed E-state index contributed by atoms with van der Waals surface area (Å²) >= 11 is 0. The van der Waals surface area contributed by atoms with Crippen LogP contribution >= 0.6 is 0 Å². The molecule has 0 aliphatic rings. The lowest BCUT2D eigenvalue weighted by Gasteiger charge is -2.18. The van der Waals surface area contributed by atoms with E-state index >= 15 is 0 Å². The summed E-state index contributed by atoms with van der Waals surface area (Å²) in [5.74, 6) is 0. The van der Waals surface area contributed by atoms with E-state index in [-0.39, 0.29) is 6.61 Å². The van der Waals surface area contributed by atoms with Crippen LogP contribution in [0.15, 0.2) is 67.0 Å². The molecule has 4 rings (SSSR count). The Labute approximate surface area is 165 Å². The number of fused-ring (bicyclic) bond motifs is 1. The first-order valence-electron chi connectivity index (χ1n) is 9.55. The maximum atomic E-state index is 9.22. The van der Waals surface area contributed by atoms with Gasteiger partial charge in [0.05, 0.1) is 18.0 Å². The van der Waals surface area contributed by atoms with Gasteiger partial charge in [0.25, 0.3) is 0 Å². The van der Waals surface area contributed by atoms with E-state index in [9.17, 15) is 5.11 Å². The number of imidazole rings is 1. The number of hydrogen-bond donors (Lipinski definition) is 1. The molecule has 0 unspecified atom stereocenters. The molecule has 0 spiro atoms. The maximum absolute atomic E-state index is 9.22. The van der Waals surface area contributed by atoms with Gasteiger partial charge in [-0.2, -0.15) is 0 Å². The first-order chi connectivity index (χ1) is 13.6. The van der Waals surface area contributed by atoms with Crippen LogP contribution in [0.25, 0.3) is 28.0 Å². The minimum absolute atomic E-state index is 0.133. The van der Waals surface area contributed by atoms with E-state index in [2.05, 4.69) is 79.2 Å². The Hall–Kier alpha value is -3.11. The minimum Gasteiger partial charge on any atom is -0.395 e. The predicted molar refractivity (Wildman–Crippen MR) is 116 cm³/mol. The van der Waals surface area contributed by atoms with Gasteiger partial charge in [-0.25, -0.2) is 4.98 Å². The number of aromatic nitrogens is 2. The molecule has 2 aromatic heterocycles. The van der Waals surface area contributed by atoms with Crippen LogP contribution in [-0.2, 0) is 0 Å². The van der Waals surface area contributed by atoms with Crippen LogP contribution in [0.4, 0.5) is 5.69 Å². The van der Waals surface area contributed by atoms with Gasteiger partial charge in [-0.05, 0) is 42.2 Å². The summed E-state index contributed by atoms with van der Waals surface area (Å²) in [7, 11) is 1.99. The zero-order valence-electron chi connectivity index (χ0n) is 16.6. The number of likely N-dealkylation sites (N-methyl/N-ethyl adjacent to an activating group) is 1. The van der Waals surface area contributed by atoms with Crippen LogP contribution in [-0.4, -0.2) is 34.7 Å². The van der Waals surface area contributed by atoms with Gasteiger partial charge in [0.1, 0.15) is 5.65 Å². The molecule has 0 radical (unpaired) electrons. The van der Waals surface area contributed by atoms with Crippen LogP contribution in [0.3, 0.4) is 0 Å². The van der Waals surface area contributed by atoms with Gasteiger partial charge < -0.3 is 14.4 Å². The van der Waals surface area contributed by atoms with Crippen molar-refractivity contribution in [1.29, 1.82) is 0 Å². The summed E-state index contributed by atoms with van der Waals surface area (Å²) in [6.45, 7) is 4.98. The molecule has 28 heavy (non-hydrogen) atoms. The van der Waals surface area contributed by atoms with Gasteiger partial charge in [-0.1, -0.05) is 48.5 Å². The van der Waals surface area contributed by atoms with Crippen LogP contribution in [0, 0.1) is 13.8 Å². The smallest absolute Gasteiger partial charge is 0.140 e. The first-order valence-corrected chi connectivity index (χ1v) is 9.55.